The first-order valence-electron chi connectivity index (χ1n) is 6.70. The topological polar surface area (TPSA) is 0 Å². The van der Waals surface area contributed by atoms with Crippen LogP contribution in [-0.2, 0) is 0 Å². The fourth-order valence-corrected chi connectivity index (χ4v) is 3.24. The maximum atomic E-state index is 3.58. The minimum absolute atomic E-state index is 1.13. The third-order valence-electron chi connectivity index (χ3n) is 3.71. The molecule has 0 N–H and O–H groups in total. The maximum absolute atomic E-state index is 3.58. The molecule has 4 heteroatoms. The summed E-state index contributed by atoms with van der Waals surface area (Å²) in [6.45, 7) is 0. The Labute approximate surface area is 152 Å². The molecule has 0 saturated heterocycles. The second-order valence-corrected chi connectivity index (χ2v) is 7.90. The monoisotopic (exact) mass is 404 g/mol. The van der Waals surface area contributed by atoms with Gasteiger partial charge in [-0.25, -0.2) is 0 Å². The van der Waals surface area contributed by atoms with Crippen LogP contribution in [0.4, 0.5) is 0 Å². The summed E-state index contributed by atoms with van der Waals surface area (Å²) < 4.78 is 1.13. The van der Waals surface area contributed by atoms with Gasteiger partial charge in [-0.2, -0.15) is 0 Å². The van der Waals surface area contributed by atoms with Crippen LogP contribution in [0, 0.1) is 0 Å². The van der Waals surface area contributed by atoms with Gasteiger partial charge in [0.1, 0.15) is 0 Å². The van der Waals surface area contributed by atoms with E-state index in [9.17, 15) is 0 Å². The quantitative estimate of drug-likeness (QED) is 0.176. The molecular formula is C18H13BrS3. The first-order valence-corrected chi connectivity index (χ1v) is 10.4. The molecule has 0 saturated carbocycles. The van der Waals surface area contributed by atoms with Crippen molar-refractivity contribution >= 4 is 81.4 Å². The molecule has 0 atom stereocenters. The minimum atomic E-state index is 1.13. The third-order valence-corrected chi connectivity index (χ3v) is 4.20. The summed E-state index contributed by atoms with van der Waals surface area (Å²) in [6, 6.07) is 23.8. The first kappa shape index (κ1) is 16.1. The Hall–Kier alpha value is -0.810. The van der Waals surface area contributed by atoms with Crippen LogP contribution in [0.3, 0.4) is 0 Å². The van der Waals surface area contributed by atoms with E-state index >= 15 is 0 Å². The summed E-state index contributed by atoms with van der Waals surface area (Å²) in [6.07, 6.45) is 0. The number of rotatable bonds is 0. The van der Waals surface area contributed by atoms with Gasteiger partial charge in [0, 0.05) is 4.47 Å². The number of hydrogen-bond donors (Lipinski definition) is 2. The lowest BCUT2D eigenvalue weighted by molar-refractivity contribution is 1.73. The predicted molar refractivity (Wildman–Crippen MR) is 112 cm³/mol. The molecule has 0 aliphatic rings. The van der Waals surface area contributed by atoms with Crippen molar-refractivity contribution in [2.75, 3.05) is 0 Å². The molecule has 0 heterocycles. The van der Waals surface area contributed by atoms with Crippen molar-refractivity contribution in [3.8, 4) is 0 Å². The van der Waals surface area contributed by atoms with Gasteiger partial charge in [-0.3, -0.25) is 0 Å². The highest BCUT2D eigenvalue weighted by Gasteiger charge is 2.07. The molecule has 110 valence electrons. The van der Waals surface area contributed by atoms with Crippen LogP contribution < -0.4 is 0 Å². The average Bonchev–Trinajstić information content (AvgIpc) is 2.56. The van der Waals surface area contributed by atoms with Crippen molar-refractivity contribution in [2.45, 2.75) is 0 Å². The van der Waals surface area contributed by atoms with Crippen molar-refractivity contribution in [3.63, 3.8) is 0 Å². The normalized spacial score (nSPS) is 10.7. The van der Waals surface area contributed by atoms with Crippen molar-refractivity contribution < 1.29 is 0 Å². The SMILES string of the molecule is Brc1ccc2c3ccccc3c3ccccc3c2c1.SSS. The second-order valence-electron chi connectivity index (χ2n) is 4.86. The molecule has 0 spiro atoms. The molecule has 4 aromatic rings. The molecule has 4 aromatic carbocycles. The van der Waals surface area contributed by atoms with Gasteiger partial charge in [0.25, 0.3) is 0 Å². The van der Waals surface area contributed by atoms with Crippen molar-refractivity contribution in [1.29, 1.82) is 0 Å². The highest BCUT2D eigenvalue weighted by Crippen LogP contribution is 2.35. The molecule has 0 bridgehead atoms. The van der Waals surface area contributed by atoms with Gasteiger partial charge in [0.15, 0.2) is 0 Å². The van der Waals surface area contributed by atoms with E-state index < -0.39 is 0 Å². The van der Waals surface area contributed by atoms with Crippen LogP contribution in [0.2, 0.25) is 0 Å². The molecule has 0 aromatic heterocycles. The largest absolute Gasteiger partial charge is 0.1000 e. The van der Waals surface area contributed by atoms with Gasteiger partial charge in [0.2, 0.25) is 0 Å². The number of hydrogen-bond acceptors (Lipinski definition) is 3. The molecule has 0 radical (unpaired) electrons. The Morgan fingerprint density at radius 3 is 1.41 bits per heavy atom. The lowest BCUT2D eigenvalue weighted by Crippen LogP contribution is -1.82. The Morgan fingerprint density at radius 1 is 0.591 bits per heavy atom. The molecule has 22 heavy (non-hydrogen) atoms. The number of halogens is 1. The van der Waals surface area contributed by atoms with Gasteiger partial charge < -0.3 is 0 Å². The summed E-state index contributed by atoms with van der Waals surface area (Å²) in [7, 11) is 1.14. The van der Waals surface area contributed by atoms with Crippen molar-refractivity contribution in [2.24, 2.45) is 0 Å². The van der Waals surface area contributed by atoms with Crippen LogP contribution in [0.5, 0.6) is 0 Å². The van der Waals surface area contributed by atoms with Gasteiger partial charge >= 0.3 is 0 Å². The fourth-order valence-electron chi connectivity index (χ4n) is 2.88. The first-order chi connectivity index (χ1) is 10.8. The maximum Gasteiger partial charge on any atom is 0.0181 e. The Kier molecular flexibility index (Phi) is 5.24. The Bertz CT molecular complexity index is 915. The summed E-state index contributed by atoms with van der Waals surface area (Å²) in [5, 5.41) is 7.92. The van der Waals surface area contributed by atoms with Crippen LogP contribution in [0.25, 0.3) is 32.3 Å². The molecule has 0 fully saturated rings. The Balaban J connectivity index is 0.000000446. The lowest BCUT2D eigenvalue weighted by atomic mass is 9.94. The number of fused-ring (bicyclic) bond motifs is 6. The summed E-state index contributed by atoms with van der Waals surface area (Å²) in [5.74, 6) is 0. The van der Waals surface area contributed by atoms with Crippen LogP contribution in [-0.4, -0.2) is 0 Å². The highest BCUT2D eigenvalue weighted by atomic mass is 79.9. The molecular weight excluding hydrogens is 392 g/mol. The van der Waals surface area contributed by atoms with Crippen LogP contribution >= 0.6 is 49.1 Å². The Morgan fingerprint density at radius 2 is 0.955 bits per heavy atom. The van der Waals surface area contributed by atoms with E-state index in [4.69, 9.17) is 0 Å². The van der Waals surface area contributed by atoms with E-state index in [1.54, 1.807) is 0 Å². The third kappa shape index (κ3) is 2.98. The van der Waals surface area contributed by atoms with Gasteiger partial charge in [-0.05, 0) is 54.3 Å². The molecule has 0 amide bonds. The number of thiol groups is 2. The van der Waals surface area contributed by atoms with Crippen LogP contribution in [0.15, 0.2) is 71.2 Å². The number of benzene rings is 4. The van der Waals surface area contributed by atoms with E-state index in [1.165, 1.54) is 32.3 Å². The van der Waals surface area contributed by atoms with E-state index in [-0.39, 0.29) is 0 Å². The molecule has 0 aliphatic heterocycles. The fraction of sp³-hybridized carbons (Fsp3) is 0. The molecule has 0 nitrogen and oxygen atoms in total. The lowest BCUT2D eigenvalue weighted by Gasteiger charge is -2.10. The predicted octanol–water partition coefficient (Wildman–Crippen LogP) is 7.32. The summed E-state index contributed by atoms with van der Waals surface area (Å²) in [5.41, 5.74) is 0. The molecule has 0 unspecified atom stereocenters. The molecule has 4 rings (SSSR count). The zero-order valence-electron chi connectivity index (χ0n) is 11.5. The zero-order valence-corrected chi connectivity index (χ0v) is 15.7. The van der Waals surface area contributed by atoms with Crippen LogP contribution in [0.1, 0.15) is 0 Å². The standard InChI is InChI=1S/C18H11Br.H2S3/c19-12-9-10-17-15-7-2-1-5-13(15)14-6-3-4-8-16(14)18(17)11-12;1-3-2/h1-11H;1-2H. The van der Waals surface area contributed by atoms with Gasteiger partial charge in [-0.1, -0.05) is 93.8 Å². The van der Waals surface area contributed by atoms with E-state index in [2.05, 4.69) is 106 Å². The summed E-state index contributed by atoms with van der Waals surface area (Å²) in [4.78, 5) is 0. The van der Waals surface area contributed by atoms with E-state index in [0.29, 0.717) is 0 Å². The minimum Gasteiger partial charge on any atom is -0.1000 e. The highest BCUT2D eigenvalue weighted by molar-refractivity contribution is 9.10. The van der Waals surface area contributed by atoms with Crippen molar-refractivity contribution in [1.82, 2.24) is 0 Å². The van der Waals surface area contributed by atoms with E-state index in [1.807, 2.05) is 0 Å². The van der Waals surface area contributed by atoms with E-state index in [0.717, 1.165) is 14.3 Å². The zero-order chi connectivity index (χ0) is 15.5. The van der Waals surface area contributed by atoms with Gasteiger partial charge in [0.05, 0.1) is 0 Å². The molecule has 0 aliphatic carbocycles. The smallest absolute Gasteiger partial charge is 0.0181 e. The van der Waals surface area contributed by atoms with Crippen molar-refractivity contribution in [3.05, 3.63) is 71.2 Å². The summed E-state index contributed by atoms with van der Waals surface area (Å²) >= 11 is 10.7. The second kappa shape index (κ2) is 7.18. The average molecular weight is 405 g/mol. The van der Waals surface area contributed by atoms with Gasteiger partial charge in [-0.15, -0.1) is 0 Å².